The van der Waals surface area contributed by atoms with E-state index in [2.05, 4.69) is 6.07 Å². The summed E-state index contributed by atoms with van der Waals surface area (Å²) in [5, 5.41) is 9.14. The molecule has 0 aliphatic rings. The smallest absolute Gasteiger partial charge is 0.126 e. The van der Waals surface area contributed by atoms with E-state index < -0.39 is 0 Å². The highest BCUT2D eigenvalue weighted by atomic mass is 16.5. The van der Waals surface area contributed by atoms with Gasteiger partial charge in [-0.05, 0) is 25.1 Å². The van der Waals surface area contributed by atoms with Crippen LogP contribution in [0.3, 0.4) is 0 Å². The molecule has 0 bridgehead atoms. The molecule has 0 aliphatic carbocycles. The molecule has 0 radical (unpaired) electrons. The maximum Gasteiger partial charge on any atom is 0.126 e. The number of nitrogens with zero attached hydrogens (tertiary/aromatic N) is 1. The van der Waals surface area contributed by atoms with Gasteiger partial charge in [0.15, 0.2) is 0 Å². The van der Waals surface area contributed by atoms with Crippen LogP contribution in [0.15, 0.2) is 42.5 Å². The predicted octanol–water partition coefficient (Wildman–Crippen LogP) is 3.54. The van der Waals surface area contributed by atoms with Gasteiger partial charge in [0.1, 0.15) is 5.75 Å². The minimum Gasteiger partial charge on any atom is -0.496 e. The molecule has 0 fully saturated rings. The molecule has 0 saturated heterocycles. The van der Waals surface area contributed by atoms with E-state index in [0.717, 1.165) is 22.4 Å². The number of benzene rings is 2. The van der Waals surface area contributed by atoms with Crippen LogP contribution in [0.1, 0.15) is 11.1 Å². The van der Waals surface area contributed by atoms with Crippen molar-refractivity contribution in [2.45, 2.75) is 6.92 Å². The molecule has 84 valence electrons. The Bertz CT molecular complexity index is 582. The summed E-state index contributed by atoms with van der Waals surface area (Å²) in [7, 11) is 1.64. The largest absolute Gasteiger partial charge is 0.496 e. The van der Waals surface area contributed by atoms with Crippen LogP contribution in [0, 0.1) is 18.3 Å². The molecular formula is C15H13NO. The van der Waals surface area contributed by atoms with Gasteiger partial charge < -0.3 is 4.74 Å². The quantitative estimate of drug-likeness (QED) is 0.780. The molecular weight excluding hydrogens is 210 g/mol. The first kappa shape index (κ1) is 11.2. The Labute approximate surface area is 101 Å². The highest BCUT2D eigenvalue weighted by Gasteiger charge is 2.09. The summed E-state index contributed by atoms with van der Waals surface area (Å²) in [4.78, 5) is 0. The van der Waals surface area contributed by atoms with E-state index in [9.17, 15) is 0 Å². The van der Waals surface area contributed by atoms with Crippen molar-refractivity contribution < 1.29 is 4.74 Å². The Morgan fingerprint density at radius 3 is 2.53 bits per heavy atom. The minimum absolute atomic E-state index is 0.667. The lowest BCUT2D eigenvalue weighted by atomic mass is 9.97. The number of aryl methyl sites for hydroxylation is 1. The summed E-state index contributed by atoms with van der Waals surface area (Å²) >= 11 is 0. The van der Waals surface area contributed by atoms with Crippen LogP contribution in [0.4, 0.5) is 0 Å². The van der Waals surface area contributed by atoms with Crippen molar-refractivity contribution in [2.24, 2.45) is 0 Å². The van der Waals surface area contributed by atoms with Crippen LogP contribution in [0.2, 0.25) is 0 Å². The summed E-state index contributed by atoms with van der Waals surface area (Å²) in [5.74, 6) is 0.787. The van der Waals surface area contributed by atoms with Gasteiger partial charge in [0.05, 0.1) is 18.7 Å². The minimum atomic E-state index is 0.667. The van der Waals surface area contributed by atoms with Crippen LogP contribution >= 0.6 is 0 Å². The van der Waals surface area contributed by atoms with E-state index >= 15 is 0 Å². The van der Waals surface area contributed by atoms with Crippen molar-refractivity contribution in [3.63, 3.8) is 0 Å². The van der Waals surface area contributed by atoms with E-state index in [4.69, 9.17) is 10.00 Å². The zero-order valence-corrected chi connectivity index (χ0v) is 9.90. The Morgan fingerprint density at radius 1 is 1.06 bits per heavy atom. The average molecular weight is 223 g/mol. The Kier molecular flexibility index (Phi) is 3.11. The lowest BCUT2D eigenvalue weighted by Crippen LogP contribution is -1.90. The van der Waals surface area contributed by atoms with Crippen molar-refractivity contribution in [1.82, 2.24) is 0 Å². The lowest BCUT2D eigenvalue weighted by Gasteiger charge is -2.10. The van der Waals surface area contributed by atoms with Crippen molar-refractivity contribution in [1.29, 1.82) is 5.26 Å². The Hall–Kier alpha value is -2.27. The van der Waals surface area contributed by atoms with Gasteiger partial charge in [0.2, 0.25) is 0 Å². The van der Waals surface area contributed by atoms with E-state index in [-0.39, 0.29) is 0 Å². The molecule has 0 unspecified atom stereocenters. The molecule has 0 saturated carbocycles. The van der Waals surface area contributed by atoms with Gasteiger partial charge in [0.25, 0.3) is 0 Å². The molecule has 0 heterocycles. The first-order valence-electron chi connectivity index (χ1n) is 5.40. The van der Waals surface area contributed by atoms with Gasteiger partial charge >= 0.3 is 0 Å². The van der Waals surface area contributed by atoms with E-state index in [1.165, 1.54) is 0 Å². The summed E-state index contributed by atoms with van der Waals surface area (Å²) in [6.07, 6.45) is 0. The second kappa shape index (κ2) is 4.71. The van der Waals surface area contributed by atoms with Crippen molar-refractivity contribution in [3.8, 4) is 22.9 Å². The number of hydrogen-bond donors (Lipinski definition) is 0. The fraction of sp³-hybridized carbons (Fsp3) is 0.133. The van der Waals surface area contributed by atoms with Crippen LogP contribution in [0.5, 0.6) is 5.75 Å². The SMILES string of the molecule is COc1ccccc1-c1cc(C)ccc1C#N. The van der Waals surface area contributed by atoms with Gasteiger partial charge in [0, 0.05) is 11.1 Å². The molecule has 0 aliphatic heterocycles. The third kappa shape index (κ3) is 2.14. The monoisotopic (exact) mass is 223 g/mol. The van der Waals surface area contributed by atoms with Crippen LogP contribution in [-0.2, 0) is 0 Å². The van der Waals surface area contributed by atoms with Crippen molar-refractivity contribution in [3.05, 3.63) is 53.6 Å². The Morgan fingerprint density at radius 2 is 1.82 bits per heavy atom. The molecule has 0 amide bonds. The Balaban J connectivity index is 2.68. The molecule has 17 heavy (non-hydrogen) atoms. The van der Waals surface area contributed by atoms with Gasteiger partial charge in [-0.15, -0.1) is 0 Å². The van der Waals surface area contributed by atoms with Crippen LogP contribution < -0.4 is 4.74 Å². The highest BCUT2D eigenvalue weighted by molar-refractivity contribution is 5.76. The third-order valence-corrected chi connectivity index (χ3v) is 2.69. The topological polar surface area (TPSA) is 33.0 Å². The number of rotatable bonds is 2. The number of nitriles is 1. The standard InChI is InChI=1S/C15H13NO/c1-11-7-8-12(10-16)14(9-11)13-5-3-4-6-15(13)17-2/h3-9H,1-2H3. The van der Waals surface area contributed by atoms with Crippen LogP contribution in [0.25, 0.3) is 11.1 Å². The summed E-state index contributed by atoms with van der Waals surface area (Å²) in [5.41, 5.74) is 3.67. The van der Waals surface area contributed by atoms with Crippen LogP contribution in [-0.4, -0.2) is 7.11 Å². The second-order valence-electron chi connectivity index (χ2n) is 3.86. The average Bonchev–Trinajstić information content (AvgIpc) is 2.38. The van der Waals surface area contributed by atoms with E-state index in [1.54, 1.807) is 7.11 Å². The third-order valence-electron chi connectivity index (χ3n) is 2.69. The van der Waals surface area contributed by atoms with Gasteiger partial charge in [-0.3, -0.25) is 0 Å². The molecule has 2 nitrogen and oxygen atoms in total. The molecule has 2 heteroatoms. The summed E-state index contributed by atoms with van der Waals surface area (Å²) < 4.78 is 5.33. The number of hydrogen-bond acceptors (Lipinski definition) is 2. The maximum absolute atomic E-state index is 9.14. The predicted molar refractivity (Wildman–Crippen MR) is 67.9 cm³/mol. The lowest BCUT2D eigenvalue weighted by molar-refractivity contribution is 0.416. The molecule has 0 atom stereocenters. The highest BCUT2D eigenvalue weighted by Crippen LogP contribution is 2.32. The number of methoxy groups -OCH3 is 1. The first-order valence-corrected chi connectivity index (χ1v) is 5.40. The molecule has 2 aromatic carbocycles. The fourth-order valence-electron chi connectivity index (χ4n) is 1.85. The first-order chi connectivity index (χ1) is 8.26. The molecule has 0 N–H and O–H groups in total. The van der Waals surface area contributed by atoms with Gasteiger partial charge in [-0.25, -0.2) is 0 Å². The number of para-hydroxylation sites is 1. The van der Waals surface area contributed by atoms with E-state index in [1.807, 2.05) is 49.4 Å². The van der Waals surface area contributed by atoms with Crippen molar-refractivity contribution >= 4 is 0 Å². The second-order valence-corrected chi connectivity index (χ2v) is 3.86. The van der Waals surface area contributed by atoms with Crippen molar-refractivity contribution in [2.75, 3.05) is 7.11 Å². The van der Waals surface area contributed by atoms with Gasteiger partial charge in [-0.2, -0.15) is 5.26 Å². The zero-order chi connectivity index (χ0) is 12.3. The fourth-order valence-corrected chi connectivity index (χ4v) is 1.85. The normalized spacial score (nSPS) is 9.71. The summed E-state index contributed by atoms with van der Waals surface area (Å²) in [6.45, 7) is 2.01. The molecule has 0 aromatic heterocycles. The molecule has 2 rings (SSSR count). The molecule has 0 spiro atoms. The molecule has 2 aromatic rings. The maximum atomic E-state index is 9.14. The zero-order valence-electron chi connectivity index (χ0n) is 9.90. The number of ether oxygens (including phenoxy) is 1. The van der Waals surface area contributed by atoms with Gasteiger partial charge in [-0.1, -0.05) is 29.8 Å². The summed E-state index contributed by atoms with van der Waals surface area (Å²) in [6, 6.07) is 15.7. The van der Waals surface area contributed by atoms with E-state index in [0.29, 0.717) is 5.56 Å².